The Morgan fingerprint density at radius 1 is 1.48 bits per heavy atom. The molecular weight excluding hydrogens is 320 g/mol. The molecule has 0 N–H and O–H groups in total. The van der Waals surface area contributed by atoms with Gasteiger partial charge in [-0.2, -0.15) is 0 Å². The van der Waals surface area contributed by atoms with Crippen LogP contribution in [-0.2, 0) is 25.6 Å². The summed E-state index contributed by atoms with van der Waals surface area (Å²) in [5, 5.41) is 0. The third-order valence-electron chi connectivity index (χ3n) is 5.24. The smallest absolute Gasteiger partial charge is 0.248 e. The highest BCUT2D eigenvalue weighted by atomic mass is 16.5. The molecule has 1 spiro atoms. The molecule has 2 fully saturated rings. The van der Waals surface area contributed by atoms with Crippen molar-refractivity contribution >= 4 is 5.91 Å². The number of hydrogen-bond acceptors (Lipinski definition) is 5. The van der Waals surface area contributed by atoms with E-state index >= 15 is 0 Å². The van der Waals surface area contributed by atoms with Gasteiger partial charge < -0.3 is 19.1 Å². The number of hydrogen-bond donors (Lipinski definition) is 0. The molecule has 138 valence electrons. The summed E-state index contributed by atoms with van der Waals surface area (Å²) in [4.78, 5) is 18.5. The zero-order chi connectivity index (χ0) is 17.7. The number of aryl methyl sites for hydroxylation is 1. The number of methoxy groups -OCH3 is 1. The zero-order valence-electron chi connectivity index (χ0n) is 15.2. The van der Waals surface area contributed by atoms with Gasteiger partial charge in [0, 0.05) is 25.3 Å². The summed E-state index contributed by atoms with van der Waals surface area (Å²) in [6.45, 7) is 5.15. The molecule has 1 aromatic rings. The molecule has 6 heteroatoms. The van der Waals surface area contributed by atoms with Crippen LogP contribution >= 0.6 is 0 Å². The SMILES string of the molecule is COCC(=O)N1CCO[C@]2(CCC[C@H]2COCc2cccc(C)n2)C1. The fraction of sp³-hybridized carbons (Fsp3) is 0.684. The average molecular weight is 348 g/mol. The first-order chi connectivity index (χ1) is 12.1. The molecule has 2 atom stereocenters. The van der Waals surface area contributed by atoms with Crippen LogP contribution in [-0.4, -0.2) is 61.4 Å². The molecule has 1 saturated heterocycles. The summed E-state index contributed by atoms with van der Waals surface area (Å²) >= 11 is 0. The standard InChI is InChI=1S/C19H28N2O4/c1-15-5-3-7-17(20-15)12-24-11-16-6-4-8-19(16)14-21(9-10-25-19)18(22)13-23-2/h3,5,7,16H,4,6,8-14H2,1-2H3/t16-,19+/m0/s1. The highest BCUT2D eigenvalue weighted by Crippen LogP contribution is 2.41. The number of aromatic nitrogens is 1. The van der Waals surface area contributed by atoms with E-state index < -0.39 is 0 Å². The minimum absolute atomic E-state index is 0.0423. The monoisotopic (exact) mass is 348 g/mol. The number of amides is 1. The molecular formula is C19H28N2O4. The molecule has 0 bridgehead atoms. The van der Waals surface area contributed by atoms with Crippen LogP contribution in [0.15, 0.2) is 18.2 Å². The summed E-state index contributed by atoms with van der Waals surface area (Å²) in [7, 11) is 1.56. The molecule has 1 aliphatic heterocycles. The molecule has 0 aromatic carbocycles. The molecule has 1 saturated carbocycles. The Hall–Kier alpha value is -1.50. The van der Waals surface area contributed by atoms with Gasteiger partial charge in [0.05, 0.1) is 37.7 Å². The van der Waals surface area contributed by atoms with Crippen molar-refractivity contribution in [2.75, 3.05) is 40.0 Å². The molecule has 1 aromatic heterocycles. The first kappa shape index (κ1) is 18.3. The third kappa shape index (κ3) is 4.37. The molecule has 0 unspecified atom stereocenters. The molecule has 0 radical (unpaired) electrons. The second kappa shape index (κ2) is 8.25. The lowest BCUT2D eigenvalue weighted by Crippen LogP contribution is -2.56. The Balaban J connectivity index is 1.56. The van der Waals surface area contributed by atoms with Crippen LogP contribution in [0.4, 0.5) is 0 Å². The predicted octanol–water partition coefficient (Wildman–Crippen LogP) is 1.95. The lowest BCUT2D eigenvalue weighted by Gasteiger charge is -2.44. The van der Waals surface area contributed by atoms with Crippen LogP contribution < -0.4 is 0 Å². The van der Waals surface area contributed by atoms with E-state index in [-0.39, 0.29) is 18.1 Å². The van der Waals surface area contributed by atoms with Crippen molar-refractivity contribution in [3.63, 3.8) is 0 Å². The topological polar surface area (TPSA) is 60.9 Å². The van der Waals surface area contributed by atoms with Gasteiger partial charge in [0.1, 0.15) is 6.61 Å². The molecule has 1 amide bonds. The van der Waals surface area contributed by atoms with Crippen LogP contribution in [0.1, 0.15) is 30.7 Å². The number of carbonyl (C=O) groups excluding carboxylic acids is 1. The largest absolute Gasteiger partial charge is 0.375 e. The van der Waals surface area contributed by atoms with Crippen LogP contribution in [0.2, 0.25) is 0 Å². The van der Waals surface area contributed by atoms with Gasteiger partial charge in [0.2, 0.25) is 5.91 Å². The van der Waals surface area contributed by atoms with E-state index in [1.54, 1.807) is 7.11 Å². The van der Waals surface area contributed by atoms with Crippen molar-refractivity contribution in [2.24, 2.45) is 5.92 Å². The quantitative estimate of drug-likeness (QED) is 0.786. The van der Waals surface area contributed by atoms with Gasteiger partial charge in [-0.3, -0.25) is 9.78 Å². The fourth-order valence-corrected chi connectivity index (χ4v) is 3.97. The van der Waals surface area contributed by atoms with Crippen molar-refractivity contribution in [3.8, 4) is 0 Å². The molecule has 6 nitrogen and oxygen atoms in total. The number of ether oxygens (including phenoxy) is 3. The normalized spacial score (nSPS) is 26.3. The van der Waals surface area contributed by atoms with Gasteiger partial charge in [0.15, 0.2) is 0 Å². The molecule has 3 rings (SSSR count). The Morgan fingerprint density at radius 3 is 3.16 bits per heavy atom. The number of carbonyl (C=O) groups is 1. The highest BCUT2D eigenvalue weighted by molar-refractivity contribution is 5.77. The first-order valence-corrected chi connectivity index (χ1v) is 9.04. The Morgan fingerprint density at radius 2 is 2.36 bits per heavy atom. The van der Waals surface area contributed by atoms with E-state index in [4.69, 9.17) is 14.2 Å². The number of rotatable bonds is 6. The zero-order valence-corrected chi connectivity index (χ0v) is 15.2. The van der Waals surface area contributed by atoms with Crippen molar-refractivity contribution in [1.82, 2.24) is 9.88 Å². The number of morpholine rings is 1. The molecule has 2 heterocycles. The maximum atomic E-state index is 12.2. The Kier molecular flexibility index (Phi) is 6.04. The van der Waals surface area contributed by atoms with Crippen LogP contribution in [0.5, 0.6) is 0 Å². The summed E-state index contributed by atoms with van der Waals surface area (Å²) in [5.41, 5.74) is 1.69. The third-order valence-corrected chi connectivity index (χ3v) is 5.24. The minimum Gasteiger partial charge on any atom is -0.375 e. The first-order valence-electron chi connectivity index (χ1n) is 9.04. The van der Waals surface area contributed by atoms with Gasteiger partial charge in [0.25, 0.3) is 0 Å². The van der Waals surface area contributed by atoms with Crippen molar-refractivity contribution in [1.29, 1.82) is 0 Å². The van der Waals surface area contributed by atoms with E-state index in [0.717, 1.165) is 30.7 Å². The maximum Gasteiger partial charge on any atom is 0.248 e. The lowest BCUT2D eigenvalue weighted by molar-refractivity contribution is -0.165. The average Bonchev–Trinajstić information content (AvgIpc) is 2.97. The molecule has 1 aliphatic carbocycles. The van der Waals surface area contributed by atoms with Gasteiger partial charge in [-0.25, -0.2) is 0 Å². The van der Waals surface area contributed by atoms with Crippen molar-refractivity contribution in [3.05, 3.63) is 29.6 Å². The van der Waals surface area contributed by atoms with Crippen LogP contribution in [0.25, 0.3) is 0 Å². The van der Waals surface area contributed by atoms with Crippen LogP contribution in [0, 0.1) is 12.8 Å². The minimum atomic E-state index is -0.262. The predicted molar refractivity (Wildman–Crippen MR) is 93.1 cm³/mol. The number of nitrogens with zero attached hydrogens (tertiary/aromatic N) is 2. The van der Waals surface area contributed by atoms with Crippen molar-refractivity contribution in [2.45, 2.75) is 38.4 Å². The summed E-state index contributed by atoms with van der Waals surface area (Å²) < 4.78 is 17.1. The summed E-state index contributed by atoms with van der Waals surface area (Å²) in [6.07, 6.45) is 3.18. The van der Waals surface area contributed by atoms with E-state index in [0.29, 0.717) is 38.8 Å². The van der Waals surface area contributed by atoms with Gasteiger partial charge in [-0.15, -0.1) is 0 Å². The highest BCUT2D eigenvalue weighted by Gasteiger charge is 2.47. The van der Waals surface area contributed by atoms with Gasteiger partial charge >= 0.3 is 0 Å². The second-order valence-corrected chi connectivity index (χ2v) is 7.04. The Bertz CT molecular complexity index is 595. The molecule has 2 aliphatic rings. The molecule has 25 heavy (non-hydrogen) atoms. The second-order valence-electron chi connectivity index (χ2n) is 7.04. The van der Waals surface area contributed by atoms with Crippen LogP contribution in [0.3, 0.4) is 0 Å². The number of pyridine rings is 1. The van der Waals surface area contributed by atoms with Crippen molar-refractivity contribution < 1.29 is 19.0 Å². The lowest BCUT2D eigenvalue weighted by atomic mass is 9.89. The maximum absolute atomic E-state index is 12.2. The van der Waals surface area contributed by atoms with E-state index in [1.807, 2.05) is 30.0 Å². The van der Waals surface area contributed by atoms with Gasteiger partial charge in [-0.05, 0) is 31.9 Å². The van der Waals surface area contributed by atoms with E-state index in [9.17, 15) is 4.79 Å². The van der Waals surface area contributed by atoms with E-state index in [1.165, 1.54) is 0 Å². The Labute approximate surface area is 149 Å². The van der Waals surface area contributed by atoms with Gasteiger partial charge in [-0.1, -0.05) is 12.5 Å². The summed E-state index contributed by atoms with van der Waals surface area (Å²) in [5.74, 6) is 0.358. The summed E-state index contributed by atoms with van der Waals surface area (Å²) in [6, 6.07) is 5.97. The fourth-order valence-electron chi connectivity index (χ4n) is 3.97. The van der Waals surface area contributed by atoms with E-state index in [2.05, 4.69) is 4.98 Å².